The van der Waals surface area contributed by atoms with Gasteiger partial charge in [-0.3, -0.25) is 19.5 Å². The fourth-order valence-corrected chi connectivity index (χ4v) is 6.12. The molecule has 6 rings (SSSR count). The highest BCUT2D eigenvalue weighted by molar-refractivity contribution is 5.94. The molecule has 0 bridgehead atoms. The van der Waals surface area contributed by atoms with Crippen LogP contribution in [0.3, 0.4) is 0 Å². The molecule has 1 aromatic carbocycles. The van der Waals surface area contributed by atoms with Crippen LogP contribution in [0.1, 0.15) is 61.1 Å². The van der Waals surface area contributed by atoms with Crippen LogP contribution in [0.5, 0.6) is 0 Å². The third-order valence-corrected chi connectivity index (χ3v) is 8.85. The summed E-state index contributed by atoms with van der Waals surface area (Å²) in [5, 5.41) is 6.70. The highest BCUT2D eigenvalue weighted by Gasteiger charge is 2.32. The van der Waals surface area contributed by atoms with E-state index in [2.05, 4.69) is 51.2 Å². The standard InChI is InChI=1S/C35H42N8O2/c1-35(2,3)25-13-10-23(11-14-25)33(44)38-26-8-7-17-43(22-26)30-20-28(31-27(40-30)9-6-16-36-31)39-29-15-12-24(21-37-29)32-34(45)42(5)19-18-41(32)4/h6,9-16,20-21,26,32H,7-8,17-19,22H2,1-5H3,(H,38,44)(H,37,39,40)/t26-,32?/m0/s1. The Hall–Kier alpha value is -4.57. The van der Waals surface area contributed by atoms with Crippen LogP contribution < -0.4 is 15.5 Å². The fourth-order valence-electron chi connectivity index (χ4n) is 6.12. The van der Waals surface area contributed by atoms with Gasteiger partial charge in [-0.05, 0) is 66.8 Å². The van der Waals surface area contributed by atoms with Gasteiger partial charge in [0.15, 0.2) is 0 Å². The molecule has 2 aliphatic heterocycles. The van der Waals surface area contributed by atoms with E-state index in [-0.39, 0.29) is 29.3 Å². The minimum atomic E-state index is -0.337. The van der Waals surface area contributed by atoms with Gasteiger partial charge in [0.25, 0.3) is 5.91 Å². The van der Waals surface area contributed by atoms with E-state index in [4.69, 9.17) is 4.98 Å². The quantitative estimate of drug-likeness (QED) is 0.319. The second-order valence-electron chi connectivity index (χ2n) is 13.2. The maximum Gasteiger partial charge on any atom is 0.251 e. The maximum atomic E-state index is 13.1. The number of benzene rings is 1. The van der Waals surface area contributed by atoms with E-state index in [1.807, 2.05) is 68.7 Å². The SMILES string of the molecule is CN1CCN(C)C(c2ccc(Nc3cc(N4CCC[C@H](NC(=O)c5ccc(C(C)(C)C)cc5)C4)nc4cccnc34)nc2)C1=O. The van der Waals surface area contributed by atoms with Gasteiger partial charge in [0.2, 0.25) is 5.91 Å². The van der Waals surface area contributed by atoms with E-state index in [1.165, 1.54) is 5.56 Å². The van der Waals surface area contributed by atoms with Crippen molar-refractivity contribution in [2.75, 3.05) is 50.5 Å². The van der Waals surface area contributed by atoms with Gasteiger partial charge in [0, 0.05) is 63.3 Å². The number of piperazine rings is 1. The van der Waals surface area contributed by atoms with Gasteiger partial charge in [0.05, 0.1) is 11.2 Å². The summed E-state index contributed by atoms with van der Waals surface area (Å²) in [5.41, 5.74) is 5.10. The van der Waals surface area contributed by atoms with Crippen molar-refractivity contribution in [1.29, 1.82) is 0 Å². The Morgan fingerprint density at radius 1 is 0.978 bits per heavy atom. The Morgan fingerprint density at radius 2 is 1.78 bits per heavy atom. The van der Waals surface area contributed by atoms with E-state index in [0.29, 0.717) is 17.9 Å². The summed E-state index contributed by atoms with van der Waals surface area (Å²) >= 11 is 0. The summed E-state index contributed by atoms with van der Waals surface area (Å²) in [6, 6.07) is 17.3. The molecule has 2 saturated heterocycles. The molecule has 10 nitrogen and oxygen atoms in total. The first-order chi connectivity index (χ1) is 21.6. The Bertz CT molecular complexity index is 1680. The molecule has 2 N–H and O–H groups in total. The summed E-state index contributed by atoms with van der Waals surface area (Å²) in [6.07, 6.45) is 5.38. The molecule has 10 heteroatoms. The molecule has 4 aromatic rings. The number of nitrogens with zero attached hydrogens (tertiary/aromatic N) is 6. The fraction of sp³-hybridized carbons (Fsp3) is 0.400. The number of pyridine rings is 3. The number of aromatic nitrogens is 3. The number of nitrogens with one attached hydrogen (secondary N) is 2. The van der Waals surface area contributed by atoms with Crippen molar-refractivity contribution in [2.45, 2.75) is 51.1 Å². The number of carbonyl (C=O) groups excluding carboxylic acids is 2. The molecule has 3 aromatic heterocycles. The smallest absolute Gasteiger partial charge is 0.251 e. The number of hydrogen-bond acceptors (Lipinski definition) is 8. The topological polar surface area (TPSA) is 107 Å². The second-order valence-corrected chi connectivity index (χ2v) is 13.2. The van der Waals surface area contributed by atoms with Gasteiger partial charge >= 0.3 is 0 Å². The first-order valence-corrected chi connectivity index (χ1v) is 15.7. The highest BCUT2D eigenvalue weighted by Crippen LogP contribution is 2.31. The number of hydrogen-bond donors (Lipinski definition) is 2. The number of fused-ring (bicyclic) bond motifs is 1. The average molecular weight is 607 g/mol. The number of anilines is 3. The first kappa shape index (κ1) is 30.5. The number of amides is 2. The van der Waals surface area contributed by atoms with Crippen molar-refractivity contribution in [3.05, 3.63) is 83.7 Å². The predicted octanol–water partition coefficient (Wildman–Crippen LogP) is 4.91. The third-order valence-electron chi connectivity index (χ3n) is 8.85. The summed E-state index contributed by atoms with van der Waals surface area (Å²) in [7, 11) is 3.81. The van der Waals surface area contributed by atoms with Gasteiger partial charge in [-0.1, -0.05) is 39.0 Å². The Kier molecular flexibility index (Phi) is 8.42. The van der Waals surface area contributed by atoms with E-state index in [0.717, 1.165) is 60.6 Å². The van der Waals surface area contributed by atoms with Gasteiger partial charge < -0.3 is 20.4 Å². The molecule has 1 unspecified atom stereocenters. The molecule has 2 amide bonds. The van der Waals surface area contributed by atoms with Crippen LogP contribution in [0, 0.1) is 0 Å². The third kappa shape index (κ3) is 6.61. The van der Waals surface area contributed by atoms with Gasteiger partial charge in [-0.25, -0.2) is 9.97 Å². The Labute approximate surface area is 264 Å². The summed E-state index contributed by atoms with van der Waals surface area (Å²) < 4.78 is 0. The van der Waals surface area contributed by atoms with Gasteiger partial charge in [-0.15, -0.1) is 0 Å². The highest BCUT2D eigenvalue weighted by atomic mass is 16.2. The van der Waals surface area contributed by atoms with Gasteiger partial charge in [-0.2, -0.15) is 0 Å². The van der Waals surface area contributed by atoms with Crippen LogP contribution in [0.4, 0.5) is 17.3 Å². The van der Waals surface area contributed by atoms with Crippen LogP contribution in [0.2, 0.25) is 0 Å². The van der Waals surface area contributed by atoms with E-state index in [1.54, 1.807) is 17.3 Å². The van der Waals surface area contributed by atoms with E-state index >= 15 is 0 Å². The van der Waals surface area contributed by atoms with Crippen molar-refractivity contribution in [3.8, 4) is 0 Å². The lowest BCUT2D eigenvalue weighted by Gasteiger charge is -2.36. The van der Waals surface area contributed by atoms with Crippen molar-refractivity contribution in [1.82, 2.24) is 30.1 Å². The molecular formula is C35H42N8O2. The molecule has 2 atom stereocenters. The molecule has 0 radical (unpaired) electrons. The molecule has 45 heavy (non-hydrogen) atoms. The lowest BCUT2D eigenvalue weighted by molar-refractivity contribution is -0.139. The molecule has 0 saturated carbocycles. The summed E-state index contributed by atoms with van der Waals surface area (Å²) in [5.74, 6) is 1.50. The van der Waals surface area contributed by atoms with Crippen molar-refractivity contribution in [3.63, 3.8) is 0 Å². The molecule has 5 heterocycles. The normalized spacial score (nSPS) is 19.5. The first-order valence-electron chi connectivity index (χ1n) is 15.7. The monoisotopic (exact) mass is 606 g/mol. The zero-order valence-electron chi connectivity index (χ0n) is 26.7. The molecule has 0 aliphatic carbocycles. The molecule has 2 fully saturated rings. The molecular weight excluding hydrogens is 564 g/mol. The maximum absolute atomic E-state index is 13.1. The molecule has 234 valence electrons. The van der Waals surface area contributed by atoms with E-state index in [9.17, 15) is 9.59 Å². The van der Waals surface area contributed by atoms with Gasteiger partial charge in [0.1, 0.15) is 23.2 Å². The predicted molar refractivity (Wildman–Crippen MR) is 178 cm³/mol. The summed E-state index contributed by atoms with van der Waals surface area (Å²) in [6.45, 7) is 9.55. The van der Waals surface area contributed by atoms with Crippen LogP contribution >= 0.6 is 0 Å². The van der Waals surface area contributed by atoms with Crippen LogP contribution in [-0.4, -0.2) is 82.9 Å². The zero-order valence-corrected chi connectivity index (χ0v) is 26.7. The number of rotatable bonds is 6. The largest absolute Gasteiger partial charge is 0.354 e. The van der Waals surface area contributed by atoms with Crippen molar-refractivity contribution >= 4 is 40.2 Å². The Morgan fingerprint density at radius 3 is 2.51 bits per heavy atom. The minimum Gasteiger partial charge on any atom is -0.354 e. The van der Waals surface area contributed by atoms with Crippen molar-refractivity contribution < 1.29 is 9.59 Å². The number of carbonyl (C=O) groups is 2. The van der Waals surface area contributed by atoms with Crippen molar-refractivity contribution in [2.24, 2.45) is 0 Å². The molecule has 2 aliphatic rings. The second kappa shape index (κ2) is 12.4. The van der Waals surface area contributed by atoms with Crippen LogP contribution in [0.25, 0.3) is 11.0 Å². The van der Waals surface area contributed by atoms with Crippen LogP contribution in [0.15, 0.2) is 67.0 Å². The zero-order chi connectivity index (χ0) is 31.7. The van der Waals surface area contributed by atoms with Crippen LogP contribution in [-0.2, 0) is 10.2 Å². The summed E-state index contributed by atoms with van der Waals surface area (Å²) in [4.78, 5) is 46.3. The van der Waals surface area contributed by atoms with E-state index < -0.39 is 0 Å². The Balaban J connectivity index is 1.19. The average Bonchev–Trinajstić information content (AvgIpc) is 3.03. The minimum absolute atomic E-state index is 0.00484. The lowest BCUT2D eigenvalue weighted by Crippen LogP contribution is -2.49. The number of likely N-dealkylation sites (N-methyl/N-ethyl adjacent to an activating group) is 2. The number of piperidine rings is 1. The lowest BCUT2D eigenvalue weighted by atomic mass is 9.86. The molecule has 0 spiro atoms.